The summed E-state index contributed by atoms with van der Waals surface area (Å²) in [7, 11) is 0.0611. The van der Waals surface area contributed by atoms with Crippen LogP contribution in [0.1, 0.15) is 20.8 Å². The molecule has 1 aromatic carbocycles. The number of rotatable bonds is 3. The third-order valence-electron chi connectivity index (χ3n) is 1.25. The lowest BCUT2D eigenvalue weighted by Crippen LogP contribution is -2.14. The maximum absolute atomic E-state index is 5.44. The van der Waals surface area contributed by atoms with Crippen molar-refractivity contribution in [1.29, 1.82) is 0 Å². The highest BCUT2D eigenvalue weighted by Gasteiger charge is 2.10. The lowest BCUT2D eigenvalue weighted by molar-refractivity contribution is 0.143. The van der Waals surface area contributed by atoms with Gasteiger partial charge in [-0.3, -0.25) is 0 Å². The number of hydrogen-bond acceptors (Lipinski definition) is 2. The Morgan fingerprint density at radius 3 is 2.14 bits per heavy atom. The minimum atomic E-state index is -0.132. The van der Waals surface area contributed by atoms with E-state index in [1.807, 2.05) is 51.1 Å². The van der Waals surface area contributed by atoms with Crippen molar-refractivity contribution in [3.63, 3.8) is 0 Å². The summed E-state index contributed by atoms with van der Waals surface area (Å²) < 4.78 is 10.8. The van der Waals surface area contributed by atoms with E-state index in [0.717, 1.165) is 5.75 Å². The van der Waals surface area contributed by atoms with Crippen LogP contribution < -0.4 is 4.52 Å². The van der Waals surface area contributed by atoms with E-state index in [4.69, 9.17) is 9.05 Å². The predicted octanol–water partition coefficient (Wildman–Crippen LogP) is 3.81. The molecule has 1 unspecified atom stereocenters. The molecule has 0 aromatic heterocycles. The van der Waals surface area contributed by atoms with Crippen molar-refractivity contribution in [3.05, 3.63) is 30.3 Å². The summed E-state index contributed by atoms with van der Waals surface area (Å²) in [6.07, 6.45) is 0. The first-order valence-electron chi connectivity index (χ1n) is 4.23. The van der Waals surface area contributed by atoms with Gasteiger partial charge in [-0.15, -0.1) is 12.4 Å². The topological polar surface area (TPSA) is 18.5 Å². The van der Waals surface area contributed by atoms with E-state index in [1.165, 1.54) is 0 Å². The molecule has 2 nitrogen and oxygen atoms in total. The first-order valence-corrected chi connectivity index (χ1v) is 5.04. The van der Waals surface area contributed by atoms with Crippen LogP contribution in [0.5, 0.6) is 5.75 Å². The molecule has 0 heterocycles. The zero-order chi connectivity index (χ0) is 9.73. The Balaban J connectivity index is 0.00000169. The third-order valence-corrected chi connectivity index (χ3v) is 2.27. The quantitative estimate of drug-likeness (QED) is 0.741. The minimum Gasteiger partial charge on any atom is -0.450 e. The van der Waals surface area contributed by atoms with Crippen LogP contribution in [0.2, 0.25) is 0 Å². The molecule has 0 bridgehead atoms. The lowest BCUT2D eigenvalue weighted by atomic mass is 10.2. The van der Waals surface area contributed by atoms with E-state index >= 15 is 0 Å². The van der Waals surface area contributed by atoms with E-state index in [1.54, 1.807) is 0 Å². The first kappa shape index (κ1) is 13.7. The van der Waals surface area contributed by atoms with Gasteiger partial charge >= 0.3 is 0 Å². The molecule has 80 valence electrons. The fourth-order valence-electron chi connectivity index (χ4n) is 0.682. The summed E-state index contributed by atoms with van der Waals surface area (Å²) in [4.78, 5) is 0. The van der Waals surface area contributed by atoms with Crippen molar-refractivity contribution in [1.82, 2.24) is 0 Å². The van der Waals surface area contributed by atoms with Crippen molar-refractivity contribution in [2.24, 2.45) is 0 Å². The van der Waals surface area contributed by atoms with E-state index in [9.17, 15) is 0 Å². The molecular formula is C10H16ClO2P. The minimum absolute atomic E-state index is 0. The molecule has 0 saturated heterocycles. The second kappa shape index (κ2) is 6.23. The van der Waals surface area contributed by atoms with Crippen molar-refractivity contribution in [2.75, 3.05) is 0 Å². The third kappa shape index (κ3) is 6.20. The van der Waals surface area contributed by atoms with Gasteiger partial charge in [-0.25, -0.2) is 0 Å². The molecule has 0 aliphatic heterocycles. The Labute approximate surface area is 93.4 Å². The molecule has 0 N–H and O–H groups in total. The second-order valence-corrected chi connectivity index (χ2v) is 4.29. The molecule has 0 saturated carbocycles. The van der Waals surface area contributed by atoms with Gasteiger partial charge in [0.15, 0.2) is 0 Å². The van der Waals surface area contributed by atoms with Crippen LogP contribution in [0, 0.1) is 0 Å². The maximum Gasteiger partial charge on any atom is 0.215 e. The molecule has 0 amide bonds. The summed E-state index contributed by atoms with van der Waals surface area (Å²) in [5, 5.41) is 0. The number of hydrogen-bond donors (Lipinski definition) is 0. The monoisotopic (exact) mass is 234 g/mol. The van der Waals surface area contributed by atoms with Gasteiger partial charge < -0.3 is 9.05 Å². The second-order valence-electron chi connectivity index (χ2n) is 3.71. The Hall–Kier alpha value is -0.300. The number of para-hydroxylation sites is 1. The Kier molecular flexibility index (Phi) is 6.10. The number of halogens is 1. The average molecular weight is 235 g/mol. The van der Waals surface area contributed by atoms with Gasteiger partial charge in [-0.2, -0.15) is 0 Å². The van der Waals surface area contributed by atoms with Gasteiger partial charge in [0.25, 0.3) is 0 Å². The zero-order valence-corrected chi connectivity index (χ0v) is 10.4. The summed E-state index contributed by atoms with van der Waals surface area (Å²) in [5.74, 6) is 0.852. The molecule has 1 atom stereocenters. The summed E-state index contributed by atoms with van der Waals surface area (Å²) in [5.41, 5.74) is -0.132. The molecule has 1 rings (SSSR count). The normalized spacial score (nSPS) is 11.4. The average Bonchev–Trinajstić information content (AvgIpc) is 2.04. The molecule has 0 aliphatic carbocycles. The summed E-state index contributed by atoms with van der Waals surface area (Å²) in [6.45, 7) is 6.02. The van der Waals surface area contributed by atoms with E-state index in [2.05, 4.69) is 0 Å². The van der Waals surface area contributed by atoms with Gasteiger partial charge in [0.05, 0.1) is 5.60 Å². The van der Waals surface area contributed by atoms with Crippen molar-refractivity contribution >= 4 is 21.4 Å². The van der Waals surface area contributed by atoms with Gasteiger partial charge in [0.1, 0.15) is 5.75 Å². The SMILES string of the molecule is CC(C)(C)OPOc1ccccc1.Cl. The Bertz CT molecular complexity index is 246. The van der Waals surface area contributed by atoms with Crippen molar-refractivity contribution in [2.45, 2.75) is 26.4 Å². The standard InChI is InChI=1S/C10H15O2P.ClH/c1-10(2,3)12-13-11-9-7-5-4-6-8-9;/h4-8,13H,1-3H3;1H. The maximum atomic E-state index is 5.44. The van der Waals surface area contributed by atoms with Crippen molar-refractivity contribution in [3.8, 4) is 5.75 Å². The van der Waals surface area contributed by atoms with Gasteiger partial charge in [-0.1, -0.05) is 18.2 Å². The Morgan fingerprint density at radius 2 is 1.64 bits per heavy atom. The molecule has 1 aromatic rings. The largest absolute Gasteiger partial charge is 0.450 e. The fourth-order valence-corrected chi connectivity index (χ4v) is 1.21. The van der Waals surface area contributed by atoms with Crippen LogP contribution in [-0.2, 0) is 4.52 Å². The van der Waals surface area contributed by atoms with Gasteiger partial charge in [0, 0.05) is 0 Å². The van der Waals surface area contributed by atoms with Crippen molar-refractivity contribution < 1.29 is 9.05 Å². The molecular weight excluding hydrogens is 219 g/mol. The summed E-state index contributed by atoms with van der Waals surface area (Å²) in [6, 6.07) is 9.67. The van der Waals surface area contributed by atoms with Crippen LogP contribution in [0.3, 0.4) is 0 Å². The molecule has 0 radical (unpaired) electrons. The molecule has 0 aliphatic rings. The molecule has 0 fully saturated rings. The fraction of sp³-hybridized carbons (Fsp3) is 0.400. The van der Waals surface area contributed by atoms with E-state index in [0.29, 0.717) is 0 Å². The molecule has 14 heavy (non-hydrogen) atoms. The highest BCUT2D eigenvalue weighted by molar-refractivity contribution is 7.26. The lowest BCUT2D eigenvalue weighted by Gasteiger charge is -2.18. The van der Waals surface area contributed by atoms with Gasteiger partial charge in [-0.05, 0) is 32.9 Å². The van der Waals surface area contributed by atoms with E-state index in [-0.39, 0.29) is 27.0 Å². The van der Waals surface area contributed by atoms with E-state index < -0.39 is 0 Å². The number of benzene rings is 1. The molecule has 4 heteroatoms. The van der Waals surface area contributed by atoms with Crippen LogP contribution >= 0.6 is 21.4 Å². The molecule has 0 spiro atoms. The smallest absolute Gasteiger partial charge is 0.215 e. The highest BCUT2D eigenvalue weighted by Crippen LogP contribution is 2.26. The van der Waals surface area contributed by atoms with Crippen LogP contribution in [0.25, 0.3) is 0 Å². The summed E-state index contributed by atoms with van der Waals surface area (Å²) >= 11 is 0. The Morgan fingerprint density at radius 1 is 1.07 bits per heavy atom. The van der Waals surface area contributed by atoms with Crippen LogP contribution in [0.15, 0.2) is 30.3 Å². The first-order chi connectivity index (χ1) is 6.08. The van der Waals surface area contributed by atoms with Crippen LogP contribution in [0.4, 0.5) is 0 Å². The zero-order valence-electron chi connectivity index (χ0n) is 8.61. The van der Waals surface area contributed by atoms with Crippen LogP contribution in [-0.4, -0.2) is 5.60 Å². The predicted molar refractivity (Wildman–Crippen MR) is 63.5 cm³/mol. The highest BCUT2D eigenvalue weighted by atomic mass is 35.5. The van der Waals surface area contributed by atoms with Gasteiger partial charge in [0.2, 0.25) is 9.03 Å².